The molecule has 1 fully saturated rings. The van der Waals surface area contributed by atoms with E-state index in [0.29, 0.717) is 22.8 Å². The molecule has 6 nitrogen and oxygen atoms in total. The predicted molar refractivity (Wildman–Crippen MR) is 111 cm³/mol. The number of hydrogen-bond donors (Lipinski definition) is 1. The number of halogens is 1. The van der Waals surface area contributed by atoms with Gasteiger partial charge in [0.1, 0.15) is 6.54 Å². The summed E-state index contributed by atoms with van der Waals surface area (Å²) in [7, 11) is 0. The van der Waals surface area contributed by atoms with Gasteiger partial charge in [-0.1, -0.05) is 17.7 Å². The molecule has 2 aromatic rings. The van der Waals surface area contributed by atoms with Crippen LogP contribution in [0.2, 0.25) is 5.02 Å². The number of ether oxygens (including phenoxy) is 1. The minimum absolute atomic E-state index is 0.0208. The van der Waals surface area contributed by atoms with Gasteiger partial charge in [-0.15, -0.1) is 0 Å². The maximum atomic E-state index is 12.6. The van der Waals surface area contributed by atoms with Gasteiger partial charge < -0.3 is 19.9 Å². The average molecular weight is 402 g/mol. The van der Waals surface area contributed by atoms with Crippen LogP contribution >= 0.6 is 11.6 Å². The maximum Gasteiger partial charge on any atom is 0.254 e. The van der Waals surface area contributed by atoms with Crippen molar-refractivity contribution in [2.24, 2.45) is 0 Å². The highest BCUT2D eigenvalue weighted by Gasteiger charge is 2.18. The van der Waals surface area contributed by atoms with Crippen LogP contribution < -0.4 is 10.2 Å². The monoisotopic (exact) mass is 401 g/mol. The van der Waals surface area contributed by atoms with Crippen molar-refractivity contribution >= 4 is 34.8 Å². The van der Waals surface area contributed by atoms with Crippen molar-refractivity contribution in [2.45, 2.75) is 6.92 Å². The molecule has 1 aliphatic rings. The first-order valence-electron chi connectivity index (χ1n) is 9.34. The first-order valence-corrected chi connectivity index (χ1v) is 9.72. The zero-order valence-electron chi connectivity index (χ0n) is 15.9. The van der Waals surface area contributed by atoms with Gasteiger partial charge in [0.25, 0.3) is 5.91 Å². The Morgan fingerprint density at radius 3 is 2.50 bits per heavy atom. The van der Waals surface area contributed by atoms with Crippen LogP contribution in [0, 0.1) is 0 Å². The first kappa shape index (κ1) is 20.2. The minimum Gasteiger partial charge on any atom is -0.378 e. The number of amides is 2. The van der Waals surface area contributed by atoms with Gasteiger partial charge in [0, 0.05) is 41.6 Å². The zero-order valence-corrected chi connectivity index (χ0v) is 16.6. The van der Waals surface area contributed by atoms with E-state index >= 15 is 0 Å². The highest BCUT2D eigenvalue weighted by atomic mass is 35.5. The highest BCUT2D eigenvalue weighted by Crippen LogP contribution is 2.19. The predicted octanol–water partition coefficient (Wildman–Crippen LogP) is 3.28. The molecule has 1 saturated heterocycles. The number of nitrogens with one attached hydrogen (secondary N) is 1. The van der Waals surface area contributed by atoms with E-state index in [9.17, 15) is 9.59 Å². The maximum absolute atomic E-state index is 12.6. The Morgan fingerprint density at radius 2 is 1.86 bits per heavy atom. The van der Waals surface area contributed by atoms with Gasteiger partial charge in [-0.2, -0.15) is 0 Å². The zero-order chi connectivity index (χ0) is 19.9. The Balaban J connectivity index is 1.58. The smallest absolute Gasteiger partial charge is 0.254 e. The van der Waals surface area contributed by atoms with Crippen LogP contribution in [-0.2, 0) is 9.53 Å². The second-order valence-electron chi connectivity index (χ2n) is 6.52. The van der Waals surface area contributed by atoms with E-state index in [-0.39, 0.29) is 18.4 Å². The second kappa shape index (κ2) is 9.57. The molecule has 2 amide bonds. The standard InChI is InChI=1S/C21H24ClN3O3/c1-2-24(21(27)16-4-3-5-17(22)14-16)15-20(26)23-18-6-8-19(9-7-18)25-10-12-28-13-11-25/h3-9,14H,2,10-13,15H2,1H3,(H,23,26). The molecule has 1 aliphatic heterocycles. The van der Waals surface area contributed by atoms with Crippen molar-refractivity contribution in [1.29, 1.82) is 0 Å². The first-order chi connectivity index (χ1) is 13.6. The van der Waals surface area contributed by atoms with Crippen molar-refractivity contribution in [3.8, 4) is 0 Å². The number of benzene rings is 2. The Morgan fingerprint density at radius 1 is 1.14 bits per heavy atom. The fourth-order valence-electron chi connectivity index (χ4n) is 3.08. The number of likely N-dealkylation sites (N-methyl/N-ethyl adjacent to an activating group) is 1. The number of hydrogen-bond acceptors (Lipinski definition) is 4. The van der Waals surface area contributed by atoms with Crippen molar-refractivity contribution in [2.75, 3.05) is 49.6 Å². The van der Waals surface area contributed by atoms with Crippen molar-refractivity contribution in [3.05, 3.63) is 59.1 Å². The van der Waals surface area contributed by atoms with Gasteiger partial charge in [-0.3, -0.25) is 9.59 Å². The molecule has 2 aromatic carbocycles. The summed E-state index contributed by atoms with van der Waals surface area (Å²) in [6, 6.07) is 14.4. The SMILES string of the molecule is CCN(CC(=O)Nc1ccc(N2CCOCC2)cc1)C(=O)c1cccc(Cl)c1. The average Bonchev–Trinajstić information content (AvgIpc) is 2.72. The molecule has 1 heterocycles. The summed E-state index contributed by atoms with van der Waals surface area (Å²) in [4.78, 5) is 28.8. The number of anilines is 2. The number of rotatable bonds is 6. The van der Waals surface area contributed by atoms with E-state index in [0.717, 1.165) is 32.0 Å². The van der Waals surface area contributed by atoms with E-state index in [1.54, 1.807) is 24.3 Å². The Labute approximate surface area is 170 Å². The number of nitrogens with zero attached hydrogens (tertiary/aromatic N) is 2. The summed E-state index contributed by atoms with van der Waals surface area (Å²) in [6.07, 6.45) is 0. The van der Waals surface area contributed by atoms with Crippen molar-refractivity contribution in [3.63, 3.8) is 0 Å². The van der Waals surface area contributed by atoms with Crippen LogP contribution in [0.3, 0.4) is 0 Å². The third-order valence-corrected chi connectivity index (χ3v) is 4.84. The van der Waals surface area contributed by atoms with Gasteiger partial charge >= 0.3 is 0 Å². The third kappa shape index (κ3) is 5.24. The molecule has 0 saturated carbocycles. The minimum atomic E-state index is -0.239. The van der Waals surface area contributed by atoms with E-state index in [1.165, 1.54) is 4.90 Å². The molecule has 0 aliphatic carbocycles. The van der Waals surface area contributed by atoms with Gasteiger partial charge in [0.2, 0.25) is 5.91 Å². The molecule has 0 radical (unpaired) electrons. The van der Waals surface area contributed by atoms with Crippen LogP contribution in [0.5, 0.6) is 0 Å². The molecule has 0 bridgehead atoms. The summed E-state index contributed by atoms with van der Waals surface area (Å²) in [6.45, 7) is 5.43. The van der Waals surface area contributed by atoms with Crippen LogP contribution in [0.15, 0.2) is 48.5 Å². The number of carbonyl (C=O) groups excluding carboxylic acids is 2. The molecular formula is C21H24ClN3O3. The normalized spacial score (nSPS) is 13.9. The molecule has 28 heavy (non-hydrogen) atoms. The van der Waals surface area contributed by atoms with Gasteiger partial charge in [-0.25, -0.2) is 0 Å². The Hall–Kier alpha value is -2.57. The van der Waals surface area contributed by atoms with Crippen LogP contribution in [0.1, 0.15) is 17.3 Å². The molecule has 148 valence electrons. The van der Waals surface area contributed by atoms with Gasteiger partial charge in [-0.05, 0) is 49.4 Å². The summed E-state index contributed by atoms with van der Waals surface area (Å²) in [5.74, 6) is -0.459. The van der Waals surface area contributed by atoms with E-state index in [4.69, 9.17) is 16.3 Å². The fourth-order valence-corrected chi connectivity index (χ4v) is 3.27. The molecule has 1 N–H and O–H groups in total. The Kier molecular flexibility index (Phi) is 6.90. The lowest BCUT2D eigenvalue weighted by molar-refractivity contribution is -0.116. The fraction of sp³-hybridized carbons (Fsp3) is 0.333. The van der Waals surface area contributed by atoms with Gasteiger partial charge in [0.15, 0.2) is 0 Å². The molecular weight excluding hydrogens is 378 g/mol. The topological polar surface area (TPSA) is 61.9 Å². The number of morpholine rings is 1. The summed E-state index contributed by atoms with van der Waals surface area (Å²) >= 11 is 5.96. The lowest BCUT2D eigenvalue weighted by Gasteiger charge is -2.29. The number of carbonyl (C=O) groups is 2. The second-order valence-corrected chi connectivity index (χ2v) is 6.96. The van der Waals surface area contributed by atoms with Gasteiger partial charge in [0.05, 0.1) is 13.2 Å². The summed E-state index contributed by atoms with van der Waals surface area (Å²) < 4.78 is 5.36. The van der Waals surface area contributed by atoms with Crippen LogP contribution in [0.4, 0.5) is 11.4 Å². The van der Waals surface area contributed by atoms with Crippen LogP contribution in [0.25, 0.3) is 0 Å². The third-order valence-electron chi connectivity index (χ3n) is 4.60. The quantitative estimate of drug-likeness (QED) is 0.806. The molecule has 3 rings (SSSR count). The van der Waals surface area contributed by atoms with E-state index in [1.807, 2.05) is 31.2 Å². The summed E-state index contributed by atoms with van der Waals surface area (Å²) in [5, 5.41) is 3.34. The molecule has 0 unspecified atom stereocenters. The molecule has 7 heteroatoms. The summed E-state index contributed by atoms with van der Waals surface area (Å²) in [5.41, 5.74) is 2.28. The van der Waals surface area contributed by atoms with E-state index in [2.05, 4.69) is 10.2 Å². The van der Waals surface area contributed by atoms with Crippen LogP contribution in [-0.4, -0.2) is 56.1 Å². The van der Waals surface area contributed by atoms with Crippen molar-refractivity contribution < 1.29 is 14.3 Å². The molecule has 0 atom stereocenters. The molecule has 0 spiro atoms. The van der Waals surface area contributed by atoms with Crippen molar-refractivity contribution in [1.82, 2.24) is 4.90 Å². The highest BCUT2D eigenvalue weighted by molar-refractivity contribution is 6.31. The Bertz CT molecular complexity index is 820. The largest absolute Gasteiger partial charge is 0.378 e. The lowest BCUT2D eigenvalue weighted by atomic mass is 10.2. The molecule has 0 aromatic heterocycles. The van der Waals surface area contributed by atoms with E-state index < -0.39 is 0 Å². The lowest BCUT2D eigenvalue weighted by Crippen LogP contribution is -2.38.